The zero-order valence-electron chi connectivity index (χ0n) is 22.6. The number of imide groups is 1. The maximum atomic E-state index is 13.8. The van der Waals surface area contributed by atoms with Crippen LogP contribution < -0.4 is 0 Å². The maximum Gasteiger partial charge on any atom is 0.328 e. The van der Waals surface area contributed by atoms with Gasteiger partial charge >= 0.3 is 12.0 Å². The minimum atomic E-state index is -1.31. The van der Waals surface area contributed by atoms with E-state index in [2.05, 4.69) is 6.92 Å². The van der Waals surface area contributed by atoms with Crippen LogP contribution in [0.1, 0.15) is 70.4 Å². The number of carboxylic acid groups (broad SMARTS) is 1. The molecule has 0 aliphatic carbocycles. The average Bonchev–Trinajstić information content (AvgIpc) is 3.10. The van der Waals surface area contributed by atoms with Gasteiger partial charge in [0.15, 0.2) is 0 Å². The molecule has 204 valence electrons. The molecule has 1 N–H and O–H groups in total. The summed E-state index contributed by atoms with van der Waals surface area (Å²) in [5.74, 6) is -2.17. The van der Waals surface area contributed by atoms with Gasteiger partial charge in [-0.15, -0.1) is 0 Å². The Hall–Kier alpha value is -3.68. The second-order valence-corrected chi connectivity index (χ2v) is 10.1. The molecule has 1 fully saturated rings. The van der Waals surface area contributed by atoms with E-state index in [9.17, 15) is 24.3 Å². The number of benzene rings is 2. The predicted octanol–water partition coefficient (Wildman–Crippen LogP) is 5.03. The third kappa shape index (κ3) is 6.41. The highest BCUT2D eigenvalue weighted by molar-refractivity contribution is 6.09. The van der Waals surface area contributed by atoms with Crippen LogP contribution in [0, 0.1) is 0 Å². The van der Waals surface area contributed by atoms with E-state index in [1.165, 1.54) is 16.7 Å². The van der Waals surface area contributed by atoms with Gasteiger partial charge in [-0.25, -0.2) is 9.59 Å². The summed E-state index contributed by atoms with van der Waals surface area (Å²) >= 11 is 0. The first-order valence-electron chi connectivity index (χ1n) is 13.5. The van der Waals surface area contributed by atoms with Gasteiger partial charge < -0.3 is 14.9 Å². The summed E-state index contributed by atoms with van der Waals surface area (Å²) < 4.78 is 0. The molecule has 8 nitrogen and oxygen atoms in total. The third-order valence-corrected chi connectivity index (χ3v) is 7.37. The smallest absolute Gasteiger partial charge is 0.328 e. The van der Waals surface area contributed by atoms with E-state index in [-0.39, 0.29) is 13.1 Å². The molecule has 4 amide bonds. The summed E-state index contributed by atoms with van der Waals surface area (Å²) in [7, 11) is 0. The number of hydrogen-bond acceptors (Lipinski definition) is 4. The van der Waals surface area contributed by atoms with Gasteiger partial charge in [-0.1, -0.05) is 99.7 Å². The van der Waals surface area contributed by atoms with E-state index in [4.69, 9.17) is 0 Å². The quantitative estimate of drug-likeness (QED) is 0.278. The lowest BCUT2D eigenvalue weighted by Gasteiger charge is -2.32. The van der Waals surface area contributed by atoms with Crippen molar-refractivity contribution in [2.75, 3.05) is 13.1 Å². The van der Waals surface area contributed by atoms with Crippen molar-refractivity contribution in [3.05, 3.63) is 71.8 Å². The van der Waals surface area contributed by atoms with Gasteiger partial charge in [-0.2, -0.15) is 0 Å². The fraction of sp³-hybridized carbons (Fsp3) is 0.467. The number of carbonyl (C=O) groups is 4. The average molecular weight is 522 g/mol. The van der Waals surface area contributed by atoms with Gasteiger partial charge in [0.1, 0.15) is 18.1 Å². The second-order valence-electron chi connectivity index (χ2n) is 10.1. The monoisotopic (exact) mass is 521 g/mol. The summed E-state index contributed by atoms with van der Waals surface area (Å²) in [5.41, 5.74) is 0.192. The van der Waals surface area contributed by atoms with Gasteiger partial charge in [-0.3, -0.25) is 14.5 Å². The van der Waals surface area contributed by atoms with Crippen LogP contribution in [0.3, 0.4) is 0 Å². The van der Waals surface area contributed by atoms with Crippen molar-refractivity contribution >= 4 is 23.8 Å². The highest BCUT2D eigenvalue weighted by atomic mass is 16.4. The van der Waals surface area contributed by atoms with Gasteiger partial charge in [0, 0.05) is 13.1 Å². The summed E-state index contributed by atoms with van der Waals surface area (Å²) in [6.07, 6.45) is 5.94. The highest BCUT2D eigenvalue weighted by Crippen LogP contribution is 2.38. The summed E-state index contributed by atoms with van der Waals surface area (Å²) in [4.78, 5) is 56.5. The molecule has 2 aromatic rings. The summed E-state index contributed by atoms with van der Waals surface area (Å²) in [6, 6.07) is 16.8. The molecule has 3 rings (SSSR count). The minimum absolute atomic E-state index is 0.189. The Kier molecular flexibility index (Phi) is 10.0. The van der Waals surface area contributed by atoms with Gasteiger partial charge in [-0.05, 0) is 31.4 Å². The number of carbonyl (C=O) groups excluding carboxylic acids is 3. The van der Waals surface area contributed by atoms with Crippen LogP contribution in [0.4, 0.5) is 4.79 Å². The van der Waals surface area contributed by atoms with E-state index in [0.29, 0.717) is 12.0 Å². The van der Waals surface area contributed by atoms with Crippen LogP contribution in [0.25, 0.3) is 0 Å². The molecule has 1 unspecified atom stereocenters. The van der Waals surface area contributed by atoms with Crippen molar-refractivity contribution in [1.82, 2.24) is 14.7 Å². The molecule has 0 aromatic heterocycles. The molecule has 0 spiro atoms. The largest absolute Gasteiger partial charge is 0.480 e. The van der Waals surface area contributed by atoms with E-state index in [1.54, 1.807) is 19.1 Å². The Morgan fingerprint density at radius 1 is 0.921 bits per heavy atom. The van der Waals surface area contributed by atoms with Crippen molar-refractivity contribution in [3.8, 4) is 0 Å². The normalized spacial score (nSPS) is 18.1. The molecule has 0 saturated carbocycles. The summed E-state index contributed by atoms with van der Waals surface area (Å²) in [6.45, 7) is 5.25. The third-order valence-electron chi connectivity index (χ3n) is 7.37. The van der Waals surface area contributed by atoms with Crippen molar-refractivity contribution in [2.45, 2.75) is 77.4 Å². The molecular weight excluding hydrogens is 482 g/mol. The molecule has 2 atom stereocenters. The van der Waals surface area contributed by atoms with E-state index < -0.39 is 41.9 Å². The molecule has 1 aliphatic heterocycles. The molecule has 2 aromatic carbocycles. The van der Waals surface area contributed by atoms with Crippen LogP contribution in [0.2, 0.25) is 0 Å². The topological polar surface area (TPSA) is 98.2 Å². The van der Waals surface area contributed by atoms with Gasteiger partial charge in [0.25, 0.3) is 5.91 Å². The Bertz CT molecular complexity index is 1110. The zero-order valence-corrected chi connectivity index (χ0v) is 22.6. The zero-order chi connectivity index (χ0) is 27.7. The molecular formula is C30H39N3O5. The van der Waals surface area contributed by atoms with E-state index in [0.717, 1.165) is 42.6 Å². The van der Waals surface area contributed by atoms with Crippen LogP contribution >= 0.6 is 0 Å². The van der Waals surface area contributed by atoms with Crippen molar-refractivity contribution < 1.29 is 24.3 Å². The van der Waals surface area contributed by atoms with E-state index >= 15 is 0 Å². The number of urea groups is 1. The number of rotatable bonds is 14. The number of nitrogens with zero attached hydrogens (tertiary/aromatic N) is 3. The van der Waals surface area contributed by atoms with Crippen LogP contribution in [-0.2, 0) is 26.5 Å². The van der Waals surface area contributed by atoms with Crippen molar-refractivity contribution in [2.24, 2.45) is 0 Å². The lowest BCUT2D eigenvalue weighted by Crippen LogP contribution is -2.49. The number of unbranched alkanes of at least 4 members (excludes halogenated alkanes) is 5. The molecule has 8 heteroatoms. The minimum Gasteiger partial charge on any atom is -0.480 e. The first kappa shape index (κ1) is 28.9. The Morgan fingerprint density at radius 2 is 1.50 bits per heavy atom. The fourth-order valence-electron chi connectivity index (χ4n) is 4.93. The molecule has 0 bridgehead atoms. The Balaban J connectivity index is 1.83. The molecule has 1 heterocycles. The highest BCUT2D eigenvalue weighted by Gasteiger charge is 2.55. The SMILES string of the molecule is CCCCCCCCN(C(=O)CN1C(=O)N(Cc2ccccc2)[C@@](C)(c2ccccc2)C1=O)C(C)C(=O)O. The van der Waals surface area contributed by atoms with Gasteiger partial charge in [0.2, 0.25) is 5.91 Å². The van der Waals surface area contributed by atoms with E-state index in [1.807, 2.05) is 48.5 Å². The lowest BCUT2D eigenvalue weighted by molar-refractivity contribution is -0.150. The van der Waals surface area contributed by atoms with Crippen molar-refractivity contribution in [1.29, 1.82) is 0 Å². The molecule has 1 aliphatic rings. The Morgan fingerprint density at radius 3 is 2.11 bits per heavy atom. The lowest BCUT2D eigenvalue weighted by atomic mass is 9.90. The standard InChI is InChI=1S/C30H39N3O5/c1-4-5-6-7-8-15-20-31(23(2)27(35)36)26(34)22-32-28(37)30(3,25-18-13-10-14-19-25)33(29(32)38)21-24-16-11-9-12-17-24/h9-14,16-19,23H,4-8,15,20-22H2,1-3H3,(H,35,36)/t23?,30-/m0/s1. The molecule has 38 heavy (non-hydrogen) atoms. The molecule has 1 saturated heterocycles. The number of hydrogen-bond donors (Lipinski definition) is 1. The predicted molar refractivity (Wildman–Crippen MR) is 145 cm³/mol. The number of aliphatic carboxylic acids is 1. The van der Waals surface area contributed by atoms with Crippen LogP contribution in [-0.4, -0.2) is 62.8 Å². The Labute approximate surface area is 225 Å². The first-order valence-corrected chi connectivity index (χ1v) is 13.5. The van der Waals surface area contributed by atoms with Gasteiger partial charge in [0.05, 0.1) is 0 Å². The van der Waals surface area contributed by atoms with Crippen LogP contribution in [0.5, 0.6) is 0 Å². The maximum absolute atomic E-state index is 13.8. The first-order chi connectivity index (χ1) is 18.2. The van der Waals surface area contributed by atoms with Crippen molar-refractivity contribution in [3.63, 3.8) is 0 Å². The number of amides is 4. The van der Waals surface area contributed by atoms with Crippen LogP contribution in [0.15, 0.2) is 60.7 Å². The molecule has 0 radical (unpaired) electrons. The second kappa shape index (κ2) is 13.2. The summed E-state index contributed by atoms with van der Waals surface area (Å²) in [5, 5.41) is 9.63. The fourth-order valence-corrected chi connectivity index (χ4v) is 4.93. The number of carboxylic acids is 1.